The topological polar surface area (TPSA) is 52.6 Å². The molecule has 3 rings (SSSR count). The van der Waals surface area contributed by atoms with Gasteiger partial charge in [0, 0.05) is 18.0 Å². The average Bonchev–Trinajstić information content (AvgIpc) is 3.12. The second-order valence-corrected chi connectivity index (χ2v) is 7.36. The first-order chi connectivity index (χ1) is 11.1. The maximum atomic E-state index is 12.8. The highest BCUT2D eigenvalue weighted by molar-refractivity contribution is 7.09. The second-order valence-electron chi connectivity index (χ2n) is 6.33. The van der Waals surface area contributed by atoms with Gasteiger partial charge in [-0.3, -0.25) is 9.69 Å². The lowest BCUT2D eigenvalue weighted by atomic mass is 9.82. The first kappa shape index (κ1) is 16.2. The molecule has 1 saturated carbocycles. The quantitative estimate of drug-likeness (QED) is 0.643. The van der Waals surface area contributed by atoms with Gasteiger partial charge in [-0.2, -0.15) is 0 Å². The highest BCUT2D eigenvalue weighted by Gasteiger charge is 2.51. The van der Waals surface area contributed by atoms with Gasteiger partial charge in [0.25, 0.3) is 5.91 Å². The third kappa shape index (κ3) is 3.33. The SMILES string of the molecule is C=CCN(Cc1cccs1)CN1C(=O)NC2(CCCCC2)C1=O. The van der Waals surface area contributed by atoms with Crippen LogP contribution in [0.15, 0.2) is 30.2 Å². The van der Waals surface area contributed by atoms with Crippen LogP contribution in [0.3, 0.4) is 0 Å². The minimum atomic E-state index is -0.641. The monoisotopic (exact) mass is 333 g/mol. The number of hydrogen-bond donors (Lipinski definition) is 1. The molecular weight excluding hydrogens is 310 g/mol. The van der Waals surface area contributed by atoms with Crippen molar-refractivity contribution < 1.29 is 9.59 Å². The summed E-state index contributed by atoms with van der Waals surface area (Å²) in [6, 6.07) is 3.82. The van der Waals surface area contributed by atoms with Crippen molar-refractivity contribution in [1.82, 2.24) is 15.1 Å². The zero-order valence-electron chi connectivity index (χ0n) is 13.3. The Kier molecular flexibility index (Phi) is 4.82. The molecule has 1 aromatic heterocycles. The van der Waals surface area contributed by atoms with Crippen molar-refractivity contribution in [3.05, 3.63) is 35.0 Å². The predicted molar refractivity (Wildman–Crippen MR) is 91.0 cm³/mol. The van der Waals surface area contributed by atoms with Crippen LogP contribution < -0.4 is 5.32 Å². The molecule has 5 nitrogen and oxygen atoms in total. The van der Waals surface area contributed by atoms with E-state index in [0.717, 1.165) is 32.1 Å². The van der Waals surface area contributed by atoms with Crippen molar-refractivity contribution in [2.75, 3.05) is 13.2 Å². The van der Waals surface area contributed by atoms with Crippen molar-refractivity contribution in [2.24, 2.45) is 0 Å². The lowest BCUT2D eigenvalue weighted by Gasteiger charge is -2.31. The molecule has 1 N–H and O–H groups in total. The lowest BCUT2D eigenvalue weighted by Crippen LogP contribution is -2.49. The number of amides is 3. The maximum Gasteiger partial charge on any atom is 0.326 e. The summed E-state index contributed by atoms with van der Waals surface area (Å²) in [5, 5.41) is 5.00. The molecule has 2 heterocycles. The summed E-state index contributed by atoms with van der Waals surface area (Å²) in [5.74, 6) is -0.0533. The largest absolute Gasteiger partial charge is 0.326 e. The summed E-state index contributed by atoms with van der Waals surface area (Å²) in [6.45, 7) is 5.46. The van der Waals surface area contributed by atoms with Gasteiger partial charge >= 0.3 is 6.03 Å². The van der Waals surface area contributed by atoms with Crippen molar-refractivity contribution in [2.45, 2.75) is 44.2 Å². The van der Waals surface area contributed by atoms with Crippen molar-refractivity contribution in [3.63, 3.8) is 0 Å². The predicted octanol–water partition coefficient (Wildman–Crippen LogP) is 2.95. The minimum absolute atomic E-state index is 0.0533. The Labute approximate surface area is 141 Å². The molecule has 1 spiro atoms. The Morgan fingerprint density at radius 3 is 2.78 bits per heavy atom. The Balaban J connectivity index is 1.70. The van der Waals surface area contributed by atoms with Crippen LogP contribution in [0.4, 0.5) is 4.79 Å². The van der Waals surface area contributed by atoms with Crippen LogP contribution in [0.25, 0.3) is 0 Å². The third-order valence-electron chi connectivity index (χ3n) is 4.64. The summed E-state index contributed by atoms with van der Waals surface area (Å²) in [5.41, 5.74) is -0.641. The number of hydrogen-bond acceptors (Lipinski definition) is 4. The van der Waals surface area contributed by atoms with Crippen LogP contribution in [0.1, 0.15) is 37.0 Å². The molecule has 1 aromatic rings. The standard InChI is InChI=1S/C17H23N3O2S/c1-2-10-19(12-14-7-6-11-23-14)13-20-15(21)17(18-16(20)22)8-4-3-5-9-17/h2,6-7,11H,1,3-5,8-10,12-13H2,(H,18,22). The minimum Gasteiger partial charge on any atom is -0.323 e. The van der Waals surface area contributed by atoms with E-state index in [1.165, 1.54) is 9.78 Å². The van der Waals surface area contributed by atoms with Crippen molar-refractivity contribution >= 4 is 23.3 Å². The van der Waals surface area contributed by atoms with Gasteiger partial charge in [-0.25, -0.2) is 9.69 Å². The second kappa shape index (κ2) is 6.84. The average molecular weight is 333 g/mol. The van der Waals surface area contributed by atoms with Gasteiger partial charge in [-0.15, -0.1) is 17.9 Å². The molecule has 0 atom stereocenters. The van der Waals surface area contributed by atoms with Gasteiger partial charge in [0.05, 0.1) is 6.67 Å². The number of nitrogens with one attached hydrogen (secondary N) is 1. The Morgan fingerprint density at radius 2 is 2.13 bits per heavy atom. The smallest absolute Gasteiger partial charge is 0.323 e. The molecule has 23 heavy (non-hydrogen) atoms. The Hall–Kier alpha value is -1.66. The molecule has 0 unspecified atom stereocenters. The van der Waals surface area contributed by atoms with E-state index in [-0.39, 0.29) is 11.9 Å². The van der Waals surface area contributed by atoms with Crippen LogP contribution in [-0.4, -0.2) is 40.5 Å². The summed E-state index contributed by atoms with van der Waals surface area (Å²) in [4.78, 5) is 29.8. The van der Waals surface area contributed by atoms with E-state index >= 15 is 0 Å². The number of thiophene rings is 1. The number of carbonyl (C=O) groups is 2. The van der Waals surface area contributed by atoms with E-state index in [1.54, 1.807) is 11.3 Å². The first-order valence-electron chi connectivity index (χ1n) is 8.14. The Morgan fingerprint density at radius 1 is 1.35 bits per heavy atom. The molecule has 1 aliphatic heterocycles. The van der Waals surface area contributed by atoms with E-state index in [2.05, 4.69) is 22.9 Å². The number of urea groups is 1. The molecular formula is C17H23N3O2S. The zero-order valence-corrected chi connectivity index (χ0v) is 14.1. The molecule has 2 fully saturated rings. The summed E-state index contributed by atoms with van der Waals surface area (Å²) in [7, 11) is 0. The van der Waals surface area contributed by atoms with Gasteiger partial charge in [-0.1, -0.05) is 31.4 Å². The Bertz CT molecular complexity index is 579. The van der Waals surface area contributed by atoms with E-state index in [4.69, 9.17) is 0 Å². The number of carbonyl (C=O) groups excluding carboxylic acids is 2. The molecule has 1 saturated heterocycles. The highest BCUT2D eigenvalue weighted by Crippen LogP contribution is 2.33. The molecule has 6 heteroatoms. The van der Waals surface area contributed by atoms with Gasteiger partial charge in [0.15, 0.2) is 0 Å². The maximum absolute atomic E-state index is 12.8. The van der Waals surface area contributed by atoms with Crippen LogP contribution in [-0.2, 0) is 11.3 Å². The number of rotatable bonds is 6. The summed E-state index contributed by atoms with van der Waals surface area (Å²) < 4.78 is 0. The third-order valence-corrected chi connectivity index (χ3v) is 5.50. The first-order valence-corrected chi connectivity index (χ1v) is 9.02. The molecule has 3 amide bonds. The van der Waals surface area contributed by atoms with Gasteiger partial charge in [-0.05, 0) is 24.3 Å². The summed E-state index contributed by atoms with van der Waals surface area (Å²) >= 11 is 1.68. The lowest BCUT2D eigenvalue weighted by molar-refractivity contribution is -0.133. The van der Waals surface area contributed by atoms with E-state index in [0.29, 0.717) is 19.8 Å². The number of nitrogens with zero attached hydrogens (tertiary/aromatic N) is 2. The molecule has 0 radical (unpaired) electrons. The van der Waals surface area contributed by atoms with Crippen LogP contribution in [0.5, 0.6) is 0 Å². The fourth-order valence-corrected chi connectivity index (χ4v) is 4.22. The molecule has 124 valence electrons. The van der Waals surface area contributed by atoms with Gasteiger partial charge in [0.1, 0.15) is 5.54 Å². The molecule has 1 aliphatic carbocycles. The zero-order chi connectivity index (χ0) is 16.3. The van der Waals surface area contributed by atoms with Crippen LogP contribution in [0.2, 0.25) is 0 Å². The molecule has 0 bridgehead atoms. The highest BCUT2D eigenvalue weighted by atomic mass is 32.1. The van der Waals surface area contributed by atoms with Gasteiger partial charge in [0.2, 0.25) is 0 Å². The van der Waals surface area contributed by atoms with Crippen LogP contribution in [0, 0.1) is 0 Å². The normalized spacial score (nSPS) is 20.3. The fraction of sp³-hybridized carbons (Fsp3) is 0.529. The van der Waals surface area contributed by atoms with Crippen molar-refractivity contribution in [1.29, 1.82) is 0 Å². The van der Waals surface area contributed by atoms with Gasteiger partial charge < -0.3 is 5.32 Å². The molecule has 2 aliphatic rings. The van der Waals surface area contributed by atoms with E-state index in [1.807, 2.05) is 17.5 Å². The fourth-order valence-electron chi connectivity index (χ4n) is 3.48. The summed E-state index contributed by atoms with van der Waals surface area (Å²) in [6.07, 6.45) is 6.49. The van der Waals surface area contributed by atoms with E-state index < -0.39 is 5.54 Å². The van der Waals surface area contributed by atoms with Crippen molar-refractivity contribution in [3.8, 4) is 0 Å². The van der Waals surface area contributed by atoms with E-state index in [9.17, 15) is 9.59 Å². The van der Waals surface area contributed by atoms with Crippen LogP contribution >= 0.6 is 11.3 Å². The molecule has 0 aromatic carbocycles. The number of imide groups is 1.